The fraction of sp³-hybridized carbons (Fsp3) is 0.808. The molecule has 0 saturated carbocycles. The molecule has 4 heterocycles. The molecule has 3 aliphatic rings. The van der Waals surface area contributed by atoms with Crippen molar-refractivity contribution in [1.82, 2.24) is 19.8 Å². The zero-order chi connectivity index (χ0) is 22.9. The molecular formula is C26H44N6O. The average Bonchev–Trinajstić information content (AvgIpc) is 3.26. The number of amides is 1. The Bertz CT molecular complexity index is 727. The predicted octanol–water partition coefficient (Wildman–Crippen LogP) is 4.30. The molecule has 33 heavy (non-hydrogen) atoms. The Balaban J connectivity index is 1.31. The molecule has 1 atom stereocenters. The van der Waals surface area contributed by atoms with Gasteiger partial charge in [0.25, 0.3) is 0 Å². The van der Waals surface area contributed by atoms with Crippen LogP contribution in [0.15, 0.2) is 12.3 Å². The zero-order valence-electron chi connectivity index (χ0n) is 20.7. The second-order valence-corrected chi connectivity index (χ2v) is 10.2. The van der Waals surface area contributed by atoms with Crippen LogP contribution in [0.25, 0.3) is 0 Å². The first-order valence-corrected chi connectivity index (χ1v) is 13.6. The van der Waals surface area contributed by atoms with Crippen molar-refractivity contribution in [3.05, 3.63) is 12.3 Å². The van der Waals surface area contributed by atoms with E-state index in [-0.39, 0.29) is 0 Å². The molecule has 0 aromatic carbocycles. The third kappa shape index (κ3) is 7.05. The normalized spacial score (nSPS) is 23.7. The lowest BCUT2D eigenvalue weighted by molar-refractivity contribution is -0.132. The highest BCUT2D eigenvalue weighted by molar-refractivity contribution is 5.76. The summed E-state index contributed by atoms with van der Waals surface area (Å²) in [5.74, 6) is 2.20. The molecule has 0 aliphatic carbocycles. The summed E-state index contributed by atoms with van der Waals surface area (Å²) in [7, 11) is 0. The molecule has 3 saturated heterocycles. The minimum atomic E-state index is 0.354. The minimum absolute atomic E-state index is 0.354. The molecule has 1 amide bonds. The van der Waals surface area contributed by atoms with Gasteiger partial charge in [-0.1, -0.05) is 32.6 Å². The van der Waals surface area contributed by atoms with Crippen molar-refractivity contribution in [3.63, 3.8) is 0 Å². The van der Waals surface area contributed by atoms with Crippen LogP contribution in [0.1, 0.15) is 84.0 Å². The summed E-state index contributed by atoms with van der Waals surface area (Å²) in [5.41, 5.74) is 0. The van der Waals surface area contributed by atoms with Crippen LogP contribution in [0, 0.1) is 0 Å². The Labute approximate surface area is 200 Å². The molecule has 1 aromatic rings. The summed E-state index contributed by atoms with van der Waals surface area (Å²) >= 11 is 0. The second kappa shape index (κ2) is 12.5. The largest absolute Gasteiger partial charge is 0.356 e. The molecule has 0 spiro atoms. The number of carbonyl (C=O) groups excluding carboxylic acids is 1. The van der Waals surface area contributed by atoms with Gasteiger partial charge in [0.2, 0.25) is 11.9 Å². The number of anilines is 2. The summed E-state index contributed by atoms with van der Waals surface area (Å²) in [6.07, 6.45) is 15.8. The van der Waals surface area contributed by atoms with Gasteiger partial charge in [-0.2, -0.15) is 4.98 Å². The molecule has 4 rings (SSSR count). The number of likely N-dealkylation sites (tertiary alicyclic amines) is 2. The molecular weight excluding hydrogens is 412 g/mol. The molecule has 0 radical (unpaired) electrons. The number of hydrogen-bond donors (Lipinski definition) is 1. The van der Waals surface area contributed by atoms with Gasteiger partial charge >= 0.3 is 0 Å². The van der Waals surface area contributed by atoms with E-state index in [4.69, 9.17) is 4.98 Å². The van der Waals surface area contributed by atoms with E-state index in [0.717, 1.165) is 70.2 Å². The van der Waals surface area contributed by atoms with Crippen molar-refractivity contribution >= 4 is 17.7 Å². The van der Waals surface area contributed by atoms with Gasteiger partial charge in [0.05, 0.1) is 0 Å². The molecule has 7 heteroatoms. The number of nitrogens with one attached hydrogen (secondary N) is 1. The van der Waals surface area contributed by atoms with Gasteiger partial charge in [-0.15, -0.1) is 0 Å². The van der Waals surface area contributed by atoms with Crippen molar-refractivity contribution < 1.29 is 4.79 Å². The van der Waals surface area contributed by atoms with Gasteiger partial charge in [-0.05, 0) is 57.6 Å². The summed E-state index contributed by atoms with van der Waals surface area (Å²) in [4.78, 5) is 29.1. The van der Waals surface area contributed by atoms with Crippen molar-refractivity contribution in [2.75, 3.05) is 49.5 Å². The van der Waals surface area contributed by atoms with Crippen molar-refractivity contribution in [3.8, 4) is 0 Å². The van der Waals surface area contributed by atoms with Crippen LogP contribution in [-0.2, 0) is 4.79 Å². The summed E-state index contributed by atoms with van der Waals surface area (Å²) < 4.78 is 0. The van der Waals surface area contributed by atoms with Crippen LogP contribution >= 0.6 is 0 Å². The summed E-state index contributed by atoms with van der Waals surface area (Å²) in [6, 6.07) is 3.04. The summed E-state index contributed by atoms with van der Waals surface area (Å²) in [5, 5.41) is 3.68. The maximum Gasteiger partial charge on any atom is 0.224 e. The second-order valence-electron chi connectivity index (χ2n) is 10.2. The minimum Gasteiger partial charge on any atom is -0.356 e. The predicted molar refractivity (Wildman–Crippen MR) is 135 cm³/mol. The summed E-state index contributed by atoms with van der Waals surface area (Å²) in [6.45, 7) is 8.42. The van der Waals surface area contributed by atoms with Gasteiger partial charge in [0.15, 0.2) is 0 Å². The van der Waals surface area contributed by atoms with E-state index in [1.165, 1.54) is 51.5 Å². The van der Waals surface area contributed by atoms with Crippen LogP contribution in [0.3, 0.4) is 0 Å². The molecule has 7 nitrogen and oxygen atoms in total. The first-order chi connectivity index (χ1) is 16.2. The van der Waals surface area contributed by atoms with Crippen molar-refractivity contribution in [2.45, 2.75) is 96.1 Å². The smallest absolute Gasteiger partial charge is 0.224 e. The lowest BCUT2D eigenvalue weighted by Crippen LogP contribution is -2.49. The van der Waals surface area contributed by atoms with E-state index in [0.29, 0.717) is 24.4 Å². The zero-order valence-corrected chi connectivity index (χ0v) is 20.7. The van der Waals surface area contributed by atoms with E-state index >= 15 is 0 Å². The third-order valence-electron chi connectivity index (χ3n) is 7.68. The highest BCUT2D eigenvalue weighted by Crippen LogP contribution is 2.24. The Morgan fingerprint density at radius 1 is 1.00 bits per heavy atom. The lowest BCUT2D eigenvalue weighted by atomic mass is 10.0. The number of aromatic nitrogens is 2. The van der Waals surface area contributed by atoms with Gasteiger partial charge in [-0.25, -0.2) is 4.98 Å². The van der Waals surface area contributed by atoms with Gasteiger partial charge in [-0.3, -0.25) is 9.69 Å². The average molecular weight is 457 g/mol. The van der Waals surface area contributed by atoms with Crippen LogP contribution in [0.4, 0.5) is 11.8 Å². The Hall–Kier alpha value is -1.89. The molecule has 3 aliphatic heterocycles. The standard InChI is InChI=1S/C26H44N6O/c1-2-3-11-25(33)31-19-13-23(14-20-31)32-18-9-6-10-22(21-32)28-26-27-15-12-24(29-26)30-16-7-4-5-8-17-30/h12,15,22-23H,2-11,13-14,16-21H2,1H3,(H,27,28,29). The van der Waals surface area contributed by atoms with E-state index in [2.05, 4.69) is 38.0 Å². The van der Waals surface area contributed by atoms with Gasteiger partial charge in [0, 0.05) is 57.4 Å². The fourth-order valence-corrected chi connectivity index (χ4v) is 5.66. The monoisotopic (exact) mass is 456 g/mol. The number of piperidine rings is 1. The Morgan fingerprint density at radius 2 is 1.76 bits per heavy atom. The Kier molecular flexibility index (Phi) is 9.21. The number of rotatable bonds is 7. The molecule has 1 unspecified atom stereocenters. The van der Waals surface area contributed by atoms with Crippen LogP contribution in [-0.4, -0.2) is 77.0 Å². The lowest BCUT2D eigenvalue weighted by Gasteiger charge is -2.39. The quantitative estimate of drug-likeness (QED) is 0.660. The topological polar surface area (TPSA) is 64.6 Å². The highest BCUT2D eigenvalue weighted by atomic mass is 16.2. The Morgan fingerprint density at radius 3 is 2.52 bits per heavy atom. The number of unbranched alkanes of at least 4 members (excludes halogenated alkanes) is 1. The number of carbonyl (C=O) groups is 1. The van der Waals surface area contributed by atoms with Crippen LogP contribution in [0.5, 0.6) is 0 Å². The van der Waals surface area contributed by atoms with Gasteiger partial charge < -0.3 is 15.1 Å². The molecule has 1 aromatic heterocycles. The van der Waals surface area contributed by atoms with Crippen molar-refractivity contribution in [2.24, 2.45) is 0 Å². The van der Waals surface area contributed by atoms with E-state index in [9.17, 15) is 4.79 Å². The number of hydrogen-bond acceptors (Lipinski definition) is 6. The molecule has 1 N–H and O–H groups in total. The van der Waals surface area contributed by atoms with E-state index in [1.807, 2.05) is 6.20 Å². The van der Waals surface area contributed by atoms with E-state index < -0.39 is 0 Å². The van der Waals surface area contributed by atoms with Crippen molar-refractivity contribution in [1.29, 1.82) is 0 Å². The highest BCUT2D eigenvalue weighted by Gasteiger charge is 2.29. The molecule has 0 bridgehead atoms. The van der Waals surface area contributed by atoms with Crippen LogP contribution in [0.2, 0.25) is 0 Å². The van der Waals surface area contributed by atoms with Crippen LogP contribution < -0.4 is 10.2 Å². The first-order valence-electron chi connectivity index (χ1n) is 13.6. The SMILES string of the molecule is CCCCC(=O)N1CCC(N2CCCCC(Nc3nccc(N4CCCCCC4)n3)C2)CC1. The number of nitrogens with zero attached hydrogens (tertiary/aromatic N) is 5. The maximum absolute atomic E-state index is 12.4. The van der Waals surface area contributed by atoms with Gasteiger partial charge in [0.1, 0.15) is 5.82 Å². The maximum atomic E-state index is 12.4. The molecule has 3 fully saturated rings. The third-order valence-corrected chi connectivity index (χ3v) is 7.68. The first kappa shape index (κ1) is 24.2. The fourth-order valence-electron chi connectivity index (χ4n) is 5.66. The molecule has 184 valence electrons. The van der Waals surface area contributed by atoms with E-state index in [1.54, 1.807) is 0 Å².